The van der Waals surface area contributed by atoms with E-state index in [0.29, 0.717) is 18.2 Å². The minimum absolute atomic E-state index is 0.223. The van der Waals surface area contributed by atoms with Gasteiger partial charge in [-0.1, -0.05) is 11.3 Å². The Kier molecular flexibility index (Phi) is 1.80. The Bertz CT molecular complexity index is 587. The standard InChI is InChI=1S/C9H8N2O3S/c12-7-3-8(13)11-5-1-2-14-4-6(5)15-9(11)10-7/h3,12H,1-2,4H2. The molecule has 0 aromatic carbocycles. The van der Waals surface area contributed by atoms with E-state index in [1.807, 2.05) is 0 Å². The van der Waals surface area contributed by atoms with Gasteiger partial charge in [-0.05, 0) is 0 Å². The molecule has 3 rings (SSSR count). The number of hydrogen-bond acceptors (Lipinski definition) is 5. The first kappa shape index (κ1) is 8.87. The molecule has 0 radical (unpaired) electrons. The largest absolute Gasteiger partial charge is 0.493 e. The Hall–Kier alpha value is -1.40. The first-order valence-corrected chi connectivity index (χ1v) is 5.38. The zero-order chi connectivity index (χ0) is 10.4. The number of aromatic hydroxyl groups is 1. The average molecular weight is 224 g/mol. The van der Waals surface area contributed by atoms with Crippen LogP contribution in [0.4, 0.5) is 0 Å². The first-order valence-electron chi connectivity index (χ1n) is 4.57. The van der Waals surface area contributed by atoms with Gasteiger partial charge in [-0.3, -0.25) is 9.20 Å². The molecule has 2 aromatic rings. The smallest absolute Gasteiger partial charge is 0.262 e. The summed E-state index contributed by atoms with van der Waals surface area (Å²) in [5.74, 6) is -0.223. The molecule has 1 aliphatic heterocycles. The second kappa shape index (κ2) is 3.04. The number of fused-ring (bicyclic) bond motifs is 3. The molecule has 0 unspecified atom stereocenters. The van der Waals surface area contributed by atoms with Crippen LogP contribution in [0.25, 0.3) is 4.96 Å². The predicted octanol–water partition coefficient (Wildman–Crippen LogP) is 0.534. The van der Waals surface area contributed by atoms with Crippen LogP contribution in [-0.4, -0.2) is 21.1 Å². The van der Waals surface area contributed by atoms with E-state index in [2.05, 4.69) is 4.98 Å². The molecule has 0 saturated heterocycles. The fraction of sp³-hybridized carbons (Fsp3) is 0.333. The molecule has 2 aromatic heterocycles. The third-order valence-corrected chi connectivity index (χ3v) is 3.45. The van der Waals surface area contributed by atoms with Crippen molar-refractivity contribution < 1.29 is 9.84 Å². The van der Waals surface area contributed by atoms with E-state index in [0.717, 1.165) is 23.1 Å². The van der Waals surface area contributed by atoms with E-state index in [9.17, 15) is 9.90 Å². The molecule has 1 aliphatic rings. The van der Waals surface area contributed by atoms with Gasteiger partial charge >= 0.3 is 0 Å². The minimum atomic E-state index is -0.225. The molecule has 0 amide bonds. The molecule has 3 heterocycles. The highest BCUT2D eigenvalue weighted by molar-refractivity contribution is 7.17. The van der Waals surface area contributed by atoms with Crippen LogP contribution in [-0.2, 0) is 17.8 Å². The minimum Gasteiger partial charge on any atom is -0.493 e. The van der Waals surface area contributed by atoms with Crippen LogP contribution < -0.4 is 5.56 Å². The van der Waals surface area contributed by atoms with E-state index in [1.54, 1.807) is 4.40 Å². The van der Waals surface area contributed by atoms with E-state index in [4.69, 9.17) is 4.74 Å². The van der Waals surface area contributed by atoms with Crippen molar-refractivity contribution in [3.05, 3.63) is 27.0 Å². The van der Waals surface area contributed by atoms with Gasteiger partial charge in [-0.15, -0.1) is 0 Å². The van der Waals surface area contributed by atoms with Crippen molar-refractivity contribution >= 4 is 16.3 Å². The van der Waals surface area contributed by atoms with Gasteiger partial charge in [-0.2, -0.15) is 4.98 Å². The maximum Gasteiger partial charge on any atom is 0.262 e. The molecule has 0 bridgehead atoms. The summed E-state index contributed by atoms with van der Waals surface area (Å²) in [6, 6.07) is 1.13. The van der Waals surface area contributed by atoms with E-state index in [-0.39, 0.29) is 11.4 Å². The fourth-order valence-corrected chi connectivity index (χ4v) is 2.86. The zero-order valence-corrected chi connectivity index (χ0v) is 8.58. The van der Waals surface area contributed by atoms with Crippen molar-refractivity contribution in [1.29, 1.82) is 0 Å². The van der Waals surface area contributed by atoms with Gasteiger partial charge in [0.1, 0.15) is 0 Å². The lowest BCUT2D eigenvalue weighted by molar-refractivity contribution is 0.112. The predicted molar refractivity (Wildman–Crippen MR) is 54.4 cm³/mol. The molecule has 0 atom stereocenters. The fourth-order valence-electron chi connectivity index (χ4n) is 1.76. The van der Waals surface area contributed by atoms with Gasteiger partial charge in [-0.25, -0.2) is 0 Å². The van der Waals surface area contributed by atoms with Crippen LogP contribution in [0.15, 0.2) is 10.9 Å². The summed E-state index contributed by atoms with van der Waals surface area (Å²) in [6.45, 7) is 1.16. The maximum atomic E-state index is 11.7. The number of hydrogen-bond donors (Lipinski definition) is 1. The summed E-state index contributed by atoms with van der Waals surface area (Å²) < 4.78 is 6.86. The van der Waals surface area contributed by atoms with Gasteiger partial charge in [0.15, 0.2) is 4.96 Å². The van der Waals surface area contributed by atoms with Crippen molar-refractivity contribution in [2.45, 2.75) is 13.0 Å². The highest BCUT2D eigenvalue weighted by Crippen LogP contribution is 2.25. The number of aromatic nitrogens is 2. The van der Waals surface area contributed by atoms with Crippen LogP contribution in [0.1, 0.15) is 10.6 Å². The van der Waals surface area contributed by atoms with Crippen molar-refractivity contribution in [3.63, 3.8) is 0 Å². The Morgan fingerprint density at radius 3 is 3.33 bits per heavy atom. The van der Waals surface area contributed by atoms with E-state index in [1.165, 1.54) is 11.3 Å². The second-order valence-electron chi connectivity index (χ2n) is 3.35. The molecular formula is C9H8N2O3S. The normalized spacial score (nSPS) is 15.5. The van der Waals surface area contributed by atoms with Gasteiger partial charge in [0, 0.05) is 12.1 Å². The molecule has 6 heteroatoms. The van der Waals surface area contributed by atoms with Gasteiger partial charge in [0.2, 0.25) is 5.88 Å². The lowest BCUT2D eigenvalue weighted by Crippen LogP contribution is -2.18. The molecule has 5 nitrogen and oxygen atoms in total. The van der Waals surface area contributed by atoms with Crippen LogP contribution in [0.3, 0.4) is 0 Å². The second-order valence-corrected chi connectivity index (χ2v) is 4.41. The summed E-state index contributed by atoms with van der Waals surface area (Å²) in [6.07, 6.45) is 0.724. The topological polar surface area (TPSA) is 63.8 Å². The molecule has 78 valence electrons. The van der Waals surface area contributed by atoms with E-state index < -0.39 is 0 Å². The highest BCUT2D eigenvalue weighted by Gasteiger charge is 2.18. The van der Waals surface area contributed by atoms with Crippen molar-refractivity contribution in [3.8, 4) is 5.88 Å². The van der Waals surface area contributed by atoms with Crippen molar-refractivity contribution in [2.24, 2.45) is 0 Å². The quantitative estimate of drug-likeness (QED) is 0.709. The average Bonchev–Trinajstić information content (AvgIpc) is 2.54. The first-order chi connectivity index (χ1) is 7.25. The number of rotatable bonds is 0. The molecule has 0 saturated carbocycles. The maximum absolute atomic E-state index is 11.7. The number of ether oxygens (including phenoxy) is 1. The third-order valence-electron chi connectivity index (χ3n) is 2.40. The summed E-state index contributed by atoms with van der Waals surface area (Å²) in [7, 11) is 0. The molecular weight excluding hydrogens is 216 g/mol. The number of nitrogens with zero attached hydrogens (tertiary/aromatic N) is 2. The summed E-state index contributed by atoms with van der Waals surface area (Å²) >= 11 is 1.39. The highest BCUT2D eigenvalue weighted by atomic mass is 32.1. The molecule has 0 aliphatic carbocycles. The van der Waals surface area contributed by atoms with Gasteiger partial charge in [0.25, 0.3) is 5.56 Å². The molecule has 15 heavy (non-hydrogen) atoms. The lowest BCUT2D eigenvalue weighted by Gasteiger charge is -2.11. The molecule has 1 N–H and O–H groups in total. The van der Waals surface area contributed by atoms with Gasteiger partial charge < -0.3 is 9.84 Å². The lowest BCUT2D eigenvalue weighted by atomic mass is 10.2. The Labute approximate surface area is 88.6 Å². The summed E-state index contributed by atoms with van der Waals surface area (Å²) in [5.41, 5.74) is 0.746. The SMILES string of the molecule is O=c1cc(O)nc2sc3c(n12)CCOC3. The molecule has 0 fully saturated rings. The van der Waals surface area contributed by atoms with Crippen LogP contribution in [0, 0.1) is 0 Å². The van der Waals surface area contributed by atoms with Crippen LogP contribution >= 0.6 is 11.3 Å². The third kappa shape index (κ3) is 1.25. The summed E-state index contributed by atoms with van der Waals surface area (Å²) in [5, 5.41) is 9.22. The summed E-state index contributed by atoms with van der Waals surface area (Å²) in [4.78, 5) is 17.1. The Balaban J connectivity index is 2.42. The Morgan fingerprint density at radius 1 is 1.60 bits per heavy atom. The Morgan fingerprint density at radius 2 is 2.47 bits per heavy atom. The monoisotopic (exact) mass is 224 g/mol. The van der Waals surface area contributed by atoms with Crippen molar-refractivity contribution in [1.82, 2.24) is 9.38 Å². The van der Waals surface area contributed by atoms with Gasteiger partial charge in [0.05, 0.1) is 24.2 Å². The van der Waals surface area contributed by atoms with Crippen LogP contribution in [0.5, 0.6) is 5.88 Å². The van der Waals surface area contributed by atoms with Crippen LogP contribution in [0.2, 0.25) is 0 Å². The zero-order valence-electron chi connectivity index (χ0n) is 7.77. The molecule has 0 spiro atoms. The van der Waals surface area contributed by atoms with E-state index >= 15 is 0 Å². The van der Waals surface area contributed by atoms with Crippen molar-refractivity contribution in [2.75, 3.05) is 6.61 Å². The number of thiazole rings is 1.